The van der Waals surface area contributed by atoms with Crippen LogP contribution in [0, 0.1) is 5.92 Å². The van der Waals surface area contributed by atoms with Gasteiger partial charge in [-0.1, -0.05) is 13.8 Å². The lowest BCUT2D eigenvalue weighted by molar-refractivity contribution is -0.145. The van der Waals surface area contributed by atoms with Gasteiger partial charge in [-0.2, -0.15) is 0 Å². The van der Waals surface area contributed by atoms with E-state index in [0.29, 0.717) is 6.42 Å². The predicted molar refractivity (Wildman–Crippen MR) is 74.9 cm³/mol. The molecular formula is C10H23Cl2N3O3. The molecule has 0 spiro atoms. The number of rotatable bonds is 6. The number of hydrogen-bond donors (Lipinski definition) is 3. The molecule has 5 N–H and O–H groups in total. The first-order chi connectivity index (χ1) is 7.42. The van der Waals surface area contributed by atoms with E-state index in [4.69, 9.17) is 11.5 Å². The monoisotopic (exact) mass is 303 g/mol. The van der Waals surface area contributed by atoms with Gasteiger partial charge in [-0.25, -0.2) is 4.79 Å². The van der Waals surface area contributed by atoms with Crippen molar-refractivity contribution >= 4 is 36.7 Å². The van der Waals surface area contributed by atoms with Crippen LogP contribution in [0.15, 0.2) is 0 Å². The fourth-order valence-electron chi connectivity index (χ4n) is 1.21. The summed E-state index contributed by atoms with van der Waals surface area (Å²) in [5, 5.41) is 2.53. The number of ether oxygens (including phenoxy) is 1. The van der Waals surface area contributed by atoms with Gasteiger partial charge in [-0.3, -0.25) is 4.79 Å². The Morgan fingerprint density at radius 3 is 2.11 bits per heavy atom. The van der Waals surface area contributed by atoms with Gasteiger partial charge in [-0.15, -0.1) is 24.8 Å². The summed E-state index contributed by atoms with van der Waals surface area (Å²) in [6.45, 7) is 3.94. The molecular weight excluding hydrogens is 281 g/mol. The number of nitrogens with two attached hydrogens (primary N) is 2. The second kappa shape index (κ2) is 11.5. The molecule has 0 aromatic heterocycles. The molecule has 0 aliphatic rings. The van der Waals surface area contributed by atoms with E-state index in [2.05, 4.69) is 10.1 Å². The van der Waals surface area contributed by atoms with Gasteiger partial charge < -0.3 is 21.5 Å². The van der Waals surface area contributed by atoms with Crippen LogP contribution in [-0.4, -0.2) is 37.6 Å². The number of esters is 1. The molecule has 0 saturated heterocycles. The van der Waals surface area contributed by atoms with Crippen molar-refractivity contribution < 1.29 is 14.3 Å². The number of amides is 1. The lowest BCUT2D eigenvalue weighted by Gasteiger charge is -2.19. The molecule has 0 fully saturated rings. The van der Waals surface area contributed by atoms with Crippen LogP contribution in [0.5, 0.6) is 0 Å². The molecule has 0 aliphatic carbocycles. The van der Waals surface area contributed by atoms with Gasteiger partial charge in [0.2, 0.25) is 5.91 Å². The molecule has 0 rings (SSSR count). The highest BCUT2D eigenvalue weighted by Crippen LogP contribution is 2.06. The smallest absolute Gasteiger partial charge is 0.328 e. The molecule has 2 atom stereocenters. The quantitative estimate of drug-likeness (QED) is 0.590. The fourth-order valence-corrected chi connectivity index (χ4v) is 1.21. The van der Waals surface area contributed by atoms with Crippen molar-refractivity contribution in [3.8, 4) is 0 Å². The van der Waals surface area contributed by atoms with Crippen molar-refractivity contribution in [1.29, 1.82) is 0 Å². The lowest BCUT2D eigenvalue weighted by atomic mass is 10.0. The van der Waals surface area contributed by atoms with Crippen LogP contribution in [0.3, 0.4) is 0 Å². The molecule has 0 bridgehead atoms. The third-order valence-corrected chi connectivity index (χ3v) is 2.10. The van der Waals surface area contributed by atoms with Crippen LogP contribution < -0.4 is 16.8 Å². The van der Waals surface area contributed by atoms with Crippen LogP contribution in [-0.2, 0) is 14.3 Å². The summed E-state index contributed by atoms with van der Waals surface area (Å²) in [5.74, 6) is -0.636. The summed E-state index contributed by atoms with van der Waals surface area (Å²) in [7, 11) is 1.28. The number of nitrogens with one attached hydrogen (secondary N) is 1. The zero-order valence-electron chi connectivity index (χ0n) is 10.8. The van der Waals surface area contributed by atoms with E-state index in [1.807, 2.05) is 13.8 Å². The Kier molecular flexibility index (Phi) is 14.5. The second-order valence-corrected chi connectivity index (χ2v) is 4.06. The number of hydrogen-bond acceptors (Lipinski definition) is 5. The molecule has 0 aromatic rings. The summed E-state index contributed by atoms with van der Waals surface area (Å²) in [5.41, 5.74) is 10.7. The van der Waals surface area contributed by atoms with Crippen molar-refractivity contribution in [2.75, 3.05) is 13.7 Å². The van der Waals surface area contributed by atoms with Gasteiger partial charge >= 0.3 is 5.97 Å². The van der Waals surface area contributed by atoms with Crippen molar-refractivity contribution in [2.45, 2.75) is 32.4 Å². The third kappa shape index (κ3) is 8.52. The maximum absolute atomic E-state index is 11.5. The van der Waals surface area contributed by atoms with Gasteiger partial charge in [-0.05, 0) is 12.3 Å². The SMILES string of the molecule is COC(=O)[C@H](CC(C)C)NC(=O)[C@@H](N)CN.Cl.Cl. The Labute approximate surface area is 120 Å². The van der Waals surface area contributed by atoms with Crippen LogP contribution >= 0.6 is 24.8 Å². The van der Waals surface area contributed by atoms with Crippen LogP contribution in [0.2, 0.25) is 0 Å². The summed E-state index contributed by atoms with van der Waals surface area (Å²) in [6.07, 6.45) is 0.510. The van der Waals surface area contributed by atoms with Gasteiger partial charge in [0.25, 0.3) is 0 Å². The zero-order chi connectivity index (χ0) is 12.7. The van der Waals surface area contributed by atoms with E-state index >= 15 is 0 Å². The largest absolute Gasteiger partial charge is 0.467 e. The Morgan fingerprint density at radius 1 is 1.28 bits per heavy atom. The van der Waals surface area contributed by atoms with E-state index < -0.39 is 24.0 Å². The average molecular weight is 304 g/mol. The van der Waals surface area contributed by atoms with Crippen LogP contribution in [0.25, 0.3) is 0 Å². The van der Waals surface area contributed by atoms with E-state index in [-0.39, 0.29) is 37.3 Å². The minimum atomic E-state index is -0.792. The first kappa shape index (κ1) is 22.6. The third-order valence-electron chi connectivity index (χ3n) is 2.10. The standard InChI is InChI=1S/C10H21N3O3.2ClH/c1-6(2)4-8(10(15)16-3)13-9(14)7(12)5-11;;/h6-8H,4-5,11-12H2,1-3H3,(H,13,14);2*1H/t7-,8-;;/m0../s1. The lowest BCUT2D eigenvalue weighted by Crippen LogP contribution is -2.51. The maximum atomic E-state index is 11.5. The molecule has 0 saturated carbocycles. The normalized spacial score (nSPS) is 12.8. The summed E-state index contributed by atoms with van der Waals surface area (Å²) in [6, 6.07) is -1.45. The number of halogens is 2. The minimum Gasteiger partial charge on any atom is -0.467 e. The second-order valence-electron chi connectivity index (χ2n) is 4.06. The van der Waals surface area contributed by atoms with Gasteiger partial charge in [0.1, 0.15) is 6.04 Å². The van der Waals surface area contributed by atoms with Gasteiger partial charge in [0.05, 0.1) is 13.2 Å². The van der Waals surface area contributed by atoms with Crippen LogP contribution in [0.4, 0.5) is 0 Å². The molecule has 0 unspecified atom stereocenters. The molecule has 0 aliphatic heterocycles. The minimum absolute atomic E-state index is 0. The van der Waals surface area contributed by atoms with Gasteiger partial charge in [0.15, 0.2) is 0 Å². The van der Waals surface area contributed by atoms with Crippen molar-refractivity contribution in [1.82, 2.24) is 5.32 Å². The molecule has 0 radical (unpaired) electrons. The van der Waals surface area contributed by atoms with Crippen molar-refractivity contribution in [3.05, 3.63) is 0 Å². The molecule has 0 heterocycles. The van der Waals surface area contributed by atoms with Gasteiger partial charge in [0, 0.05) is 6.54 Å². The average Bonchev–Trinajstić information content (AvgIpc) is 2.25. The summed E-state index contributed by atoms with van der Waals surface area (Å²) in [4.78, 5) is 22.8. The molecule has 110 valence electrons. The Balaban J connectivity index is -0.00000112. The van der Waals surface area contributed by atoms with E-state index in [1.165, 1.54) is 7.11 Å². The van der Waals surface area contributed by atoms with Crippen molar-refractivity contribution in [3.63, 3.8) is 0 Å². The highest BCUT2D eigenvalue weighted by molar-refractivity contribution is 5.87. The molecule has 6 nitrogen and oxygen atoms in total. The first-order valence-corrected chi connectivity index (χ1v) is 5.26. The Hall–Kier alpha value is -0.560. The van der Waals surface area contributed by atoms with E-state index in [9.17, 15) is 9.59 Å². The van der Waals surface area contributed by atoms with E-state index in [1.54, 1.807) is 0 Å². The fraction of sp³-hybridized carbons (Fsp3) is 0.800. The predicted octanol–water partition coefficient (Wildman–Crippen LogP) is -0.180. The molecule has 0 aromatic carbocycles. The molecule has 1 amide bonds. The maximum Gasteiger partial charge on any atom is 0.328 e. The topological polar surface area (TPSA) is 107 Å². The number of carbonyl (C=O) groups excluding carboxylic acids is 2. The number of carbonyl (C=O) groups is 2. The highest BCUT2D eigenvalue weighted by atomic mass is 35.5. The van der Waals surface area contributed by atoms with Crippen LogP contribution in [0.1, 0.15) is 20.3 Å². The molecule has 18 heavy (non-hydrogen) atoms. The van der Waals surface area contributed by atoms with E-state index in [0.717, 1.165) is 0 Å². The zero-order valence-corrected chi connectivity index (χ0v) is 12.5. The molecule has 8 heteroatoms. The highest BCUT2D eigenvalue weighted by Gasteiger charge is 2.24. The van der Waals surface area contributed by atoms with Crippen molar-refractivity contribution in [2.24, 2.45) is 17.4 Å². The summed E-state index contributed by atoms with van der Waals surface area (Å²) < 4.78 is 4.60. The Bertz CT molecular complexity index is 253. The first-order valence-electron chi connectivity index (χ1n) is 5.26. The Morgan fingerprint density at radius 2 is 1.78 bits per heavy atom. The summed E-state index contributed by atoms with van der Waals surface area (Å²) >= 11 is 0. The number of methoxy groups -OCH3 is 1.